The van der Waals surface area contributed by atoms with E-state index in [1.165, 1.54) is 24.0 Å². The minimum atomic E-state index is -0.546. The van der Waals surface area contributed by atoms with Crippen LogP contribution in [-0.4, -0.2) is 40.2 Å². The van der Waals surface area contributed by atoms with Gasteiger partial charge in [-0.25, -0.2) is 9.78 Å². The monoisotopic (exact) mass is 592 g/mol. The average molecular weight is 593 g/mol. The van der Waals surface area contributed by atoms with E-state index in [1.54, 1.807) is 34.9 Å². The normalized spacial score (nSPS) is 10.9. The molecule has 0 aliphatic heterocycles. The fourth-order valence-electron chi connectivity index (χ4n) is 4.15. The first-order valence-corrected chi connectivity index (χ1v) is 15.1. The summed E-state index contributed by atoms with van der Waals surface area (Å²) in [5.74, 6) is -0.885. The Labute approximate surface area is 246 Å². The standard InChI is InChI=1S/C30H32N4O5S2/c1-20-11-13-21(14-12-20)18-31-25(35)10-4-3-7-16-34-28(37)27-24(15-17-40-27)33-30(34)41-19-26(36)32-23-9-6-5-8-22(23)29(38)39-2/h5-6,8-9,11-15,17H,3-4,7,10,16,18-19H2,1-2H3,(H,31,35)(H,32,36). The highest BCUT2D eigenvalue weighted by Gasteiger charge is 2.16. The second kappa shape index (κ2) is 14.6. The van der Waals surface area contributed by atoms with E-state index in [2.05, 4.69) is 15.6 Å². The molecule has 2 aromatic heterocycles. The van der Waals surface area contributed by atoms with Crippen molar-refractivity contribution in [2.24, 2.45) is 0 Å². The largest absolute Gasteiger partial charge is 0.465 e. The Morgan fingerprint density at radius 3 is 2.56 bits per heavy atom. The van der Waals surface area contributed by atoms with Crippen LogP contribution in [0.25, 0.3) is 10.2 Å². The summed E-state index contributed by atoms with van der Waals surface area (Å²) in [5.41, 5.74) is 3.31. The lowest BCUT2D eigenvalue weighted by Gasteiger charge is -2.13. The van der Waals surface area contributed by atoms with Gasteiger partial charge in [-0.3, -0.25) is 19.0 Å². The fraction of sp³-hybridized carbons (Fsp3) is 0.300. The van der Waals surface area contributed by atoms with Gasteiger partial charge < -0.3 is 15.4 Å². The average Bonchev–Trinajstić information content (AvgIpc) is 3.45. The third kappa shape index (κ3) is 8.27. The summed E-state index contributed by atoms with van der Waals surface area (Å²) < 4.78 is 6.97. The molecule has 0 radical (unpaired) electrons. The van der Waals surface area contributed by atoms with Gasteiger partial charge in [-0.1, -0.05) is 60.1 Å². The third-order valence-electron chi connectivity index (χ3n) is 6.37. The lowest BCUT2D eigenvalue weighted by atomic mass is 10.1. The first-order valence-electron chi connectivity index (χ1n) is 13.3. The minimum absolute atomic E-state index is 0.000411. The van der Waals surface area contributed by atoms with Crippen LogP contribution in [0.5, 0.6) is 0 Å². The van der Waals surface area contributed by atoms with Crippen LogP contribution in [0.1, 0.15) is 47.2 Å². The number of carbonyl (C=O) groups excluding carboxylic acids is 3. The van der Waals surface area contributed by atoms with Crippen LogP contribution in [0.3, 0.4) is 0 Å². The number of hydrogen-bond acceptors (Lipinski definition) is 8. The molecule has 214 valence electrons. The van der Waals surface area contributed by atoms with Crippen LogP contribution >= 0.6 is 23.1 Å². The van der Waals surface area contributed by atoms with Crippen LogP contribution in [0.15, 0.2) is 69.9 Å². The summed E-state index contributed by atoms with van der Waals surface area (Å²) >= 11 is 2.51. The predicted molar refractivity (Wildman–Crippen MR) is 163 cm³/mol. The highest BCUT2D eigenvalue weighted by atomic mass is 32.2. The number of hydrogen-bond donors (Lipinski definition) is 2. The van der Waals surface area contributed by atoms with Crippen molar-refractivity contribution in [2.75, 3.05) is 18.2 Å². The molecule has 0 spiro atoms. The summed E-state index contributed by atoms with van der Waals surface area (Å²) in [7, 11) is 1.28. The Morgan fingerprint density at radius 1 is 1.00 bits per heavy atom. The van der Waals surface area contributed by atoms with Crippen molar-refractivity contribution in [2.45, 2.75) is 50.9 Å². The van der Waals surface area contributed by atoms with Gasteiger partial charge in [-0.15, -0.1) is 11.3 Å². The van der Waals surface area contributed by atoms with Crippen molar-refractivity contribution >= 4 is 56.8 Å². The number of nitrogens with one attached hydrogen (secondary N) is 2. The number of esters is 1. The van der Waals surface area contributed by atoms with Crippen molar-refractivity contribution < 1.29 is 19.1 Å². The summed E-state index contributed by atoms with van der Waals surface area (Å²) in [6.07, 6.45) is 2.57. The van der Waals surface area contributed by atoms with Gasteiger partial charge in [-0.05, 0) is 48.9 Å². The second-order valence-corrected chi connectivity index (χ2v) is 11.3. The fourth-order valence-corrected chi connectivity index (χ4v) is 5.76. The first-order chi connectivity index (χ1) is 19.9. The molecule has 11 heteroatoms. The second-order valence-electron chi connectivity index (χ2n) is 9.43. The molecule has 41 heavy (non-hydrogen) atoms. The van der Waals surface area contributed by atoms with Gasteiger partial charge in [0.2, 0.25) is 11.8 Å². The number of nitrogens with zero attached hydrogens (tertiary/aromatic N) is 2. The Morgan fingerprint density at radius 2 is 1.78 bits per heavy atom. The number of methoxy groups -OCH3 is 1. The molecule has 0 atom stereocenters. The molecule has 0 aliphatic carbocycles. The van der Waals surface area contributed by atoms with Crippen molar-refractivity contribution in [3.63, 3.8) is 0 Å². The van der Waals surface area contributed by atoms with Crippen LogP contribution < -0.4 is 16.2 Å². The van der Waals surface area contributed by atoms with Gasteiger partial charge >= 0.3 is 5.97 Å². The number of aromatic nitrogens is 2. The van der Waals surface area contributed by atoms with Gasteiger partial charge in [0.1, 0.15) is 4.70 Å². The molecule has 0 saturated heterocycles. The van der Waals surface area contributed by atoms with E-state index in [4.69, 9.17) is 4.74 Å². The molecule has 4 aromatic rings. The van der Waals surface area contributed by atoms with E-state index in [1.807, 2.05) is 36.6 Å². The van der Waals surface area contributed by atoms with Gasteiger partial charge in [-0.2, -0.15) is 0 Å². The number of para-hydroxylation sites is 1. The number of aryl methyl sites for hydroxylation is 1. The van der Waals surface area contributed by atoms with E-state index < -0.39 is 5.97 Å². The molecule has 0 fully saturated rings. The number of rotatable bonds is 13. The lowest BCUT2D eigenvalue weighted by Crippen LogP contribution is -2.24. The number of thioether (sulfide) groups is 1. The predicted octanol–water partition coefficient (Wildman–Crippen LogP) is 5.16. The van der Waals surface area contributed by atoms with E-state index >= 15 is 0 Å². The number of carbonyl (C=O) groups is 3. The maximum absolute atomic E-state index is 13.2. The number of anilines is 1. The summed E-state index contributed by atoms with van der Waals surface area (Å²) in [6.45, 7) is 2.96. The number of unbranched alkanes of at least 4 members (excludes halogenated alkanes) is 2. The van der Waals surface area contributed by atoms with Gasteiger partial charge in [0.25, 0.3) is 5.56 Å². The Balaban J connectivity index is 1.31. The zero-order chi connectivity index (χ0) is 29.2. The highest BCUT2D eigenvalue weighted by molar-refractivity contribution is 7.99. The number of thiophene rings is 1. The molecule has 9 nitrogen and oxygen atoms in total. The van der Waals surface area contributed by atoms with Crippen molar-refractivity contribution in [1.29, 1.82) is 0 Å². The summed E-state index contributed by atoms with van der Waals surface area (Å²) in [6, 6.07) is 16.5. The zero-order valence-corrected chi connectivity index (χ0v) is 24.6. The third-order valence-corrected chi connectivity index (χ3v) is 8.23. The smallest absolute Gasteiger partial charge is 0.339 e. The molecule has 2 N–H and O–H groups in total. The Bertz CT molecular complexity index is 1580. The first kappa shape index (κ1) is 30.0. The summed E-state index contributed by atoms with van der Waals surface area (Å²) in [4.78, 5) is 54.9. The van der Waals surface area contributed by atoms with Crippen LogP contribution in [0, 0.1) is 6.92 Å². The lowest BCUT2D eigenvalue weighted by molar-refractivity contribution is -0.121. The van der Waals surface area contributed by atoms with E-state index in [-0.39, 0.29) is 28.7 Å². The molecular weight excluding hydrogens is 560 g/mol. The molecule has 0 saturated carbocycles. The molecule has 0 bridgehead atoms. The van der Waals surface area contributed by atoms with Crippen LogP contribution in [-0.2, 0) is 27.4 Å². The van der Waals surface area contributed by atoms with Crippen molar-refractivity contribution in [3.05, 3.63) is 87.0 Å². The minimum Gasteiger partial charge on any atom is -0.465 e. The number of fused-ring (bicyclic) bond motifs is 1. The van der Waals surface area contributed by atoms with Gasteiger partial charge in [0.05, 0.1) is 29.6 Å². The molecule has 2 aromatic carbocycles. The molecule has 2 amide bonds. The van der Waals surface area contributed by atoms with Crippen molar-refractivity contribution in [1.82, 2.24) is 14.9 Å². The van der Waals surface area contributed by atoms with Gasteiger partial charge in [0, 0.05) is 19.5 Å². The topological polar surface area (TPSA) is 119 Å². The molecule has 0 unspecified atom stereocenters. The Kier molecular flexibility index (Phi) is 10.7. The summed E-state index contributed by atoms with van der Waals surface area (Å²) in [5, 5.41) is 7.97. The van der Waals surface area contributed by atoms with Crippen molar-refractivity contribution in [3.8, 4) is 0 Å². The quantitative estimate of drug-likeness (QED) is 0.0953. The molecule has 4 rings (SSSR count). The highest BCUT2D eigenvalue weighted by Crippen LogP contribution is 2.23. The van der Waals surface area contributed by atoms with E-state index in [9.17, 15) is 19.2 Å². The van der Waals surface area contributed by atoms with Crippen LogP contribution in [0.2, 0.25) is 0 Å². The van der Waals surface area contributed by atoms with Crippen LogP contribution in [0.4, 0.5) is 5.69 Å². The maximum Gasteiger partial charge on any atom is 0.339 e. The number of amides is 2. The van der Waals surface area contributed by atoms with E-state index in [0.717, 1.165) is 23.7 Å². The molecule has 2 heterocycles. The molecular formula is C30H32N4O5S2. The number of ether oxygens (including phenoxy) is 1. The SMILES string of the molecule is COC(=O)c1ccccc1NC(=O)CSc1nc2ccsc2c(=O)n1CCCCCC(=O)NCc1ccc(C)cc1. The Hall–Kier alpha value is -3.96. The number of benzene rings is 2. The van der Waals surface area contributed by atoms with Gasteiger partial charge in [0.15, 0.2) is 5.16 Å². The van der Waals surface area contributed by atoms with E-state index in [0.29, 0.717) is 53.4 Å². The molecule has 0 aliphatic rings. The zero-order valence-electron chi connectivity index (χ0n) is 23.0. The maximum atomic E-state index is 13.2.